The van der Waals surface area contributed by atoms with Crippen molar-refractivity contribution in [3.8, 4) is 0 Å². The number of hydrogen-bond donors (Lipinski definition) is 0. The molecule has 0 aliphatic rings. The van der Waals surface area contributed by atoms with Crippen LogP contribution in [-0.2, 0) is 11.5 Å². The van der Waals surface area contributed by atoms with Crippen LogP contribution in [0.25, 0.3) is 0 Å². The second-order valence-electron chi connectivity index (χ2n) is 2.28. The van der Waals surface area contributed by atoms with E-state index in [4.69, 9.17) is 11.6 Å². The van der Waals surface area contributed by atoms with Gasteiger partial charge in [-0.1, -0.05) is 27.5 Å². The maximum absolute atomic E-state index is 12.1. The van der Waals surface area contributed by atoms with E-state index >= 15 is 0 Å². The summed E-state index contributed by atoms with van der Waals surface area (Å²) in [5.41, 5.74) is -0.433. The fourth-order valence-electron chi connectivity index (χ4n) is 0.720. The molecule has 7 heteroatoms. The Bertz CT molecular complexity index is 316. The maximum Gasteiger partial charge on any atom is 0.417 e. The summed E-state index contributed by atoms with van der Waals surface area (Å²) < 4.78 is 36.3. The van der Waals surface area contributed by atoms with Gasteiger partial charge in [0, 0.05) is 11.5 Å². The van der Waals surface area contributed by atoms with Crippen LogP contribution >= 0.6 is 44.5 Å². The summed E-state index contributed by atoms with van der Waals surface area (Å²) in [6.45, 7) is 0. The quantitative estimate of drug-likeness (QED) is 0.687. The second-order valence-corrected chi connectivity index (χ2v) is 3.25. The molecule has 0 fully saturated rings. The third kappa shape index (κ3) is 3.40. The highest BCUT2D eigenvalue weighted by molar-refractivity contribution is 9.08. The first-order valence-electron chi connectivity index (χ1n) is 3.22. The first-order valence-corrected chi connectivity index (χ1v) is 4.72. The van der Waals surface area contributed by atoms with Crippen LogP contribution in [0.5, 0.6) is 0 Å². The van der Waals surface area contributed by atoms with Gasteiger partial charge in [0.25, 0.3) is 0 Å². The molecule has 0 atom stereocenters. The molecular formula is C7H5Br2ClF3N. The van der Waals surface area contributed by atoms with Gasteiger partial charge in [0.2, 0.25) is 0 Å². The summed E-state index contributed by atoms with van der Waals surface area (Å²) >= 11 is 8.60. The van der Waals surface area contributed by atoms with Crippen LogP contribution in [0.2, 0.25) is 5.02 Å². The van der Waals surface area contributed by atoms with Crippen molar-refractivity contribution in [3.05, 3.63) is 28.5 Å². The summed E-state index contributed by atoms with van der Waals surface area (Å²) in [7, 11) is 0. The minimum atomic E-state index is -4.39. The molecule has 0 aliphatic heterocycles. The zero-order valence-electron chi connectivity index (χ0n) is 6.61. The van der Waals surface area contributed by atoms with Crippen molar-refractivity contribution in [1.29, 1.82) is 0 Å². The van der Waals surface area contributed by atoms with Crippen LogP contribution in [0.3, 0.4) is 0 Å². The molecule has 0 aliphatic carbocycles. The smallest absolute Gasteiger partial charge is 0.258 e. The van der Waals surface area contributed by atoms with Crippen LogP contribution in [0.4, 0.5) is 13.2 Å². The van der Waals surface area contributed by atoms with Crippen molar-refractivity contribution in [2.45, 2.75) is 11.5 Å². The first-order chi connectivity index (χ1) is 5.95. The van der Waals surface area contributed by atoms with Gasteiger partial charge in [-0.05, 0) is 6.07 Å². The lowest BCUT2D eigenvalue weighted by molar-refractivity contribution is -0.137. The fourth-order valence-corrected chi connectivity index (χ4v) is 1.56. The van der Waals surface area contributed by atoms with Gasteiger partial charge in [-0.3, -0.25) is 4.98 Å². The highest BCUT2D eigenvalue weighted by Gasteiger charge is 2.31. The Kier molecular flexibility index (Phi) is 5.39. The molecule has 1 aromatic rings. The lowest BCUT2D eigenvalue weighted by Gasteiger charge is -2.07. The predicted octanol–water partition coefficient (Wildman–Crippen LogP) is 4.23. The minimum absolute atomic E-state index is 0. The first kappa shape index (κ1) is 14.2. The molecule has 0 N–H and O–H groups in total. The molecule has 1 heterocycles. The van der Waals surface area contributed by atoms with E-state index in [1.165, 1.54) is 0 Å². The van der Waals surface area contributed by atoms with Crippen molar-refractivity contribution < 1.29 is 13.2 Å². The van der Waals surface area contributed by atoms with E-state index in [2.05, 4.69) is 20.9 Å². The summed E-state index contributed by atoms with van der Waals surface area (Å²) in [6, 6.07) is 0.866. The Morgan fingerprint density at radius 3 is 2.36 bits per heavy atom. The summed E-state index contributed by atoms with van der Waals surface area (Å²) in [4.78, 5) is 3.56. The monoisotopic (exact) mass is 353 g/mol. The normalized spacial score (nSPS) is 10.9. The summed E-state index contributed by atoms with van der Waals surface area (Å²) in [6.07, 6.45) is -3.62. The van der Waals surface area contributed by atoms with E-state index in [-0.39, 0.29) is 22.0 Å². The van der Waals surface area contributed by atoms with E-state index < -0.39 is 11.7 Å². The third-order valence-electron chi connectivity index (χ3n) is 1.37. The lowest BCUT2D eigenvalue weighted by Crippen LogP contribution is -2.06. The Morgan fingerprint density at radius 1 is 1.43 bits per heavy atom. The van der Waals surface area contributed by atoms with Gasteiger partial charge in [0.05, 0.1) is 16.3 Å². The molecule has 0 aromatic carbocycles. The zero-order chi connectivity index (χ0) is 10.1. The molecule has 1 nitrogen and oxygen atoms in total. The van der Waals surface area contributed by atoms with Crippen LogP contribution in [0, 0.1) is 0 Å². The van der Waals surface area contributed by atoms with Crippen molar-refractivity contribution in [2.75, 3.05) is 0 Å². The molecule has 0 spiro atoms. The number of rotatable bonds is 1. The Labute approximate surface area is 103 Å². The maximum atomic E-state index is 12.1. The van der Waals surface area contributed by atoms with Crippen LogP contribution in [0.15, 0.2) is 12.3 Å². The number of aromatic nitrogens is 1. The Morgan fingerprint density at radius 2 is 2.00 bits per heavy atom. The molecule has 0 bridgehead atoms. The zero-order valence-corrected chi connectivity index (χ0v) is 10.7. The molecule has 14 heavy (non-hydrogen) atoms. The molecule has 0 unspecified atom stereocenters. The molecule has 0 saturated carbocycles. The molecule has 0 saturated heterocycles. The average molecular weight is 355 g/mol. The van der Waals surface area contributed by atoms with E-state index in [0.717, 1.165) is 12.3 Å². The number of halogens is 6. The van der Waals surface area contributed by atoms with Crippen molar-refractivity contribution in [1.82, 2.24) is 4.98 Å². The van der Waals surface area contributed by atoms with Gasteiger partial charge >= 0.3 is 6.18 Å². The molecule has 0 radical (unpaired) electrons. The summed E-state index contributed by atoms with van der Waals surface area (Å²) in [5.74, 6) is 0. The highest BCUT2D eigenvalue weighted by atomic mass is 79.9. The van der Waals surface area contributed by atoms with E-state index in [1.807, 2.05) is 0 Å². The van der Waals surface area contributed by atoms with E-state index in [9.17, 15) is 13.2 Å². The standard InChI is InChI=1S/C7H4BrClF3N.BrH/c8-2-6-5(9)1-4(3-13-6)7(10,11)12;/h1,3H,2H2;1H. The number of alkyl halides is 4. The SMILES string of the molecule is Br.FC(F)(F)c1cnc(CBr)c(Cl)c1. The Balaban J connectivity index is 0.00000169. The molecule has 0 amide bonds. The average Bonchev–Trinajstić information content (AvgIpc) is 2.02. The van der Waals surface area contributed by atoms with Gasteiger partial charge < -0.3 is 0 Å². The minimum Gasteiger partial charge on any atom is -0.258 e. The molecule has 80 valence electrons. The van der Waals surface area contributed by atoms with Gasteiger partial charge in [-0.15, -0.1) is 17.0 Å². The van der Waals surface area contributed by atoms with Crippen LogP contribution in [0.1, 0.15) is 11.3 Å². The number of pyridine rings is 1. The van der Waals surface area contributed by atoms with Crippen LogP contribution < -0.4 is 0 Å². The largest absolute Gasteiger partial charge is 0.417 e. The topological polar surface area (TPSA) is 12.9 Å². The van der Waals surface area contributed by atoms with Gasteiger partial charge in [-0.2, -0.15) is 13.2 Å². The second kappa shape index (κ2) is 5.32. The van der Waals surface area contributed by atoms with E-state index in [0.29, 0.717) is 11.0 Å². The fraction of sp³-hybridized carbons (Fsp3) is 0.286. The molecule has 1 aromatic heterocycles. The molecular weight excluding hydrogens is 350 g/mol. The van der Waals surface area contributed by atoms with Crippen molar-refractivity contribution >= 4 is 44.5 Å². The number of nitrogens with zero attached hydrogens (tertiary/aromatic N) is 1. The van der Waals surface area contributed by atoms with E-state index in [1.54, 1.807) is 0 Å². The van der Waals surface area contributed by atoms with Crippen molar-refractivity contribution in [3.63, 3.8) is 0 Å². The third-order valence-corrected chi connectivity index (χ3v) is 2.23. The predicted molar refractivity (Wildman–Crippen MR) is 57.2 cm³/mol. The highest BCUT2D eigenvalue weighted by Crippen LogP contribution is 2.31. The van der Waals surface area contributed by atoms with Gasteiger partial charge in [-0.25, -0.2) is 0 Å². The van der Waals surface area contributed by atoms with Crippen LogP contribution in [-0.4, -0.2) is 4.98 Å². The van der Waals surface area contributed by atoms with Gasteiger partial charge in [0.1, 0.15) is 0 Å². The number of hydrogen-bond acceptors (Lipinski definition) is 1. The lowest BCUT2D eigenvalue weighted by atomic mass is 10.2. The molecule has 1 rings (SSSR count). The van der Waals surface area contributed by atoms with Gasteiger partial charge in [0.15, 0.2) is 0 Å². The summed E-state index contributed by atoms with van der Waals surface area (Å²) in [5, 5.41) is 0.357. The Hall–Kier alpha value is 0.190. The van der Waals surface area contributed by atoms with Crippen molar-refractivity contribution in [2.24, 2.45) is 0 Å².